The van der Waals surface area contributed by atoms with Gasteiger partial charge in [-0.25, -0.2) is 22.4 Å². The summed E-state index contributed by atoms with van der Waals surface area (Å²) in [6, 6.07) is 0. The second kappa shape index (κ2) is 4.92. The lowest BCUT2D eigenvalue weighted by Crippen LogP contribution is -2.26. The average molecular weight is 174 g/mol. The molecular weight excluding hydrogens is 168 g/mol. The third-order valence-corrected chi connectivity index (χ3v) is 0.768. The zero-order valence-electron chi connectivity index (χ0n) is 5.40. The van der Waals surface area contributed by atoms with Crippen LogP contribution in [0.25, 0.3) is 0 Å². The monoisotopic (exact) mass is 174 g/mol. The molecule has 1 unspecified atom stereocenters. The third-order valence-electron chi connectivity index (χ3n) is 0.768. The van der Waals surface area contributed by atoms with Gasteiger partial charge in [-0.2, -0.15) is 0 Å². The van der Waals surface area contributed by atoms with Gasteiger partial charge >= 0.3 is 5.97 Å². The van der Waals surface area contributed by atoms with Crippen molar-refractivity contribution < 1.29 is 27.1 Å². The zero-order valence-corrected chi connectivity index (χ0v) is 5.40. The lowest BCUT2D eigenvalue weighted by Gasteiger charge is -2.05. The molecule has 6 heteroatoms. The summed E-state index contributed by atoms with van der Waals surface area (Å²) in [5.41, 5.74) is 0. The van der Waals surface area contributed by atoms with E-state index in [1.165, 1.54) is 0 Å². The Morgan fingerprint density at radius 2 is 1.91 bits per heavy atom. The van der Waals surface area contributed by atoms with Crippen molar-refractivity contribution in [2.45, 2.75) is 12.6 Å². The Kier molecular flexibility index (Phi) is 4.56. The molecule has 2 nitrogen and oxygen atoms in total. The predicted molar refractivity (Wildman–Crippen MR) is 27.8 cm³/mol. The van der Waals surface area contributed by atoms with Gasteiger partial charge in [0.05, 0.1) is 0 Å². The van der Waals surface area contributed by atoms with E-state index in [9.17, 15) is 22.4 Å². The fourth-order valence-corrected chi connectivity index (χ4v) is 0.322. The number of ether oxygens (including phenoxy) is 1. The first kappa shape index (κ1) is 10.2. The van der Waals surface area contributed by atoms with Crippen molar-refractivity contribution in [2.75, 3.05) is 13.3 Å². The van der Waals surface area contributed by atoms with Crippen LogP contribution in [0.15, 0.2) is 0 Å². The lowest BCUT2D eigenvalue weighted by molar-refractivity contribution is -0.155. The molecule has 0 aromatic heterocycles. The molecular formula is C5H6F4O2. The Balaban J connectivity index is 3.64. The molecule has 66 valence electrons. The van der Waals surface area contributed by atoms with Crippen molar-refractivity contribution in [3.05, 3.63) is 0 Å². The molecule has 0 aliphatic rings. The maximum Gasteiger partial charge on any atom is 0.346 e. The zero-order chi connectivity index (χ0) is 8.85. The highest BCUT2D eigenvalue weighted by molar-refractivity contribution is 5.74. The molecule has 1 atom stereocenters. The molecule has 0 aromatic rings. The maximum atomic E-state index is 11.9. The van der Waals surface area contributed by atoms with Crippen molar-refractivity contribution in [2.24, 2.45) is 0 Å². The van der Waals surface area contributed by atoms with Gasteiger partial charge in [0.15, 0.2) is 0 Å². The summed E-state index contributed by atoms with van der Waals surface area (Å²) in [6.07, 6.45) is -6.39. The van der Waals surface area contributed by atoms with Crippen LogP contribution in [0, 0.1) is 0 Å². The number of carbonyl (C=O) groups excluding carboxylic acids is 1. The molecule has 0 radical (unpaired) electrons. The molecule has 0 bridgehead atoms. The molecule has 0 aromatic carbocycles. The van der Waals surface area contributed by atoms with E-state index < -0.39 is 31.8 Å². The molecule has 0 saturated heterocycles. The molecule has 0 aliphatic carbocycles. The van der Waals surface area contributed by atoms with Crippen LogP contribution in [0.5, 0.6) is 0 Å². The van der Waals surface area contributed by atoms with Gasteiger partial charge in [-0.1, -0.05) is 0 Å². The van der Waals surface area contributed by atoms with Crippen molar-refractivity contribution >= 4 is 5.97 Å². The summed E-state index contributed by atoms with van der Waals surface area (Å²) in [5, 5.41) is 0. The van der Waals surface area contributed by atoms with Crippen molar-refractivity contribution in [1.82, 2.24) is 0 Å². The van der Waals surface area contributed by atoms with Crippen LogP contribution in [0.2, 0.25) is 0 Å². The quantitative estimate of drug-likeness (QED) is 0.471. The van der Waals surface area contributed by atoms with Gasteiger partial charge in [0.1, 0.15) is 13.3 Å². The summed E-state index contributed by atoms with van der Waals surface area (Å²) in [4.78, 5) is 10.1. The minimum absolute atomic E-state index is 0.689. The van der Waals surface area contributed by atoms with Crippen LogP contribution in [0.3, 0.4) is 0 Å². The van der Waals surface area contributed by atoms with E-state index in [1.54, 1.807) is 0 Å². The Hall–Kier alpha value is -0.810. The summed E-state index contributed by atoms with van der Waals surface area (Å²) < 4.78 is 49.5. The number of halogens is 4. The highest BCUT2D eigenvalue weighted by Crippen LogP contribution is 2.06. The van der Waals surface area contributed by atoms with Gasteiger partial charge in [-0.3, -0.25) is 0 Å². The molecule has 11 heavy (non-hydrogen) atoms. The first-order valence-corrected chi connectivity index (χ1v) is 2.74. The van der Waals surface area contributed by atoms with E-state index >= 15 is 0 Å². The lowest BCUT2D eigenvalue weighted by atomic mass is 10.4. The van der Waals surface area contributed by atoms with E-state index in [1.807, 2.05) is 0 Å². The fourth-order valence-electron chi connectivity index (χ4n) is 0.322. The molecule has 0 spiro atoms. The van der Waals surface area contributed by atoms with Gasteiger partial charge in [0.2, 0.25) is 0 Å². The largest absolute Gasteiger partial charge is 0.461 e. The van der Waals surface area contributed by atoms with Gasteiger partial charge in [-0.15, -0.1) is 0 Å². The van der Waals surface area contributed by atoms with Crippen LogP contribution >= 0.6 is 0 Å². The Morgan fingerprint density at radius 1 is 1.36 bits per heavy atom. The first-order chi connectivity index (χ1) is 5.09. The third kappa shape index (κ3) is 3.79. The molecule has 0 N–H and O–H groups in total. The number of hydrogen-bond donors (Lipinski definition) is 0. The van der Waals surface area contributed by atoms with Crippen molar-refractivity contribution in [3.63, 3.8) is 0 Å². The van der Waals surface area contributed by atoms with E-state index in [-0.39, 0.29) is 0 Å². The van der Waals surface area contributed by atoms with E-state index in [2.05, 4.69) is 4.74 Å². The first-order valence-electron chi connectivity index (χ1n) is 2.74. The second-order valence-corrected chi connectivity index (χ2v) is 1.59. The van der Waals surface area contributed by atoms with Gasteiger partial charge in [-0.05, 0) is 0 Å². The molecule has 0 rings (SSSR count). The number of alkyl halides is 4. The summed E-state index contributed by atoms with van der Waals surface area (Å²) >= 11 is 0. The number of carbonyl (C=O) groups is 1. The number of rotatable bonds is 4. The van der Waals surface area contributed by atoms with Crippen molar-refractivity contribution in [3.8, 4) is 0 Å². The summed E-state index contributed by atoms with van der Waals surface area (Å²) in [6.45, 7) is -1.70. The highest BCUT2D eigenvalue weighted by Gasteiger charge is 2.29. The maximum absolute atomic E-state index is 11.9. The standard InChI is InChI=1S/C5H6F4O2/c6-1-2-11-5(10)3(7)4(8)9/h3-4H,1-2H2. The minimum Gasteiger partial charge on any atom is -0.461 e. The van der Waals surface area contributed by atoms with Gasteiger partial charge in [0.25, 0.3) is 12.6 Å². The fraction of sp³-hybridized carbons (Fsp3) is 0.800. The normalized spacial score (nSPS) is 13.2. The van der Waals surface area contributed by atoms with Crippen LogP contribution in [0.4, 0.5) is 17.6 Å². The second-order valence-electron chi connectivity index (χ2n) is 1.59. The topological polar surface area (TPSA) is 26.3 Å². The van der Waals surface area contributed by atoms with E-state index in [0.717, 1.165) is 0 Å². The highest BCUT2D eigenvalue weighted by atomic mass is 19.3. The minimum atomic E-state index is -3.41. The number of esters is 1. The summed E-state index contributed by atoms with van der Waals surface area (Å²) in [5.74, 6) is -1.72. The number of hydrogen-bond acceptors (Lipinski definition) is 2. The molecule has 0 aliphatic heterocycles. The van der Waals surface area contributed by atoms with E-state index in [4.69, 9.17) is 0 Å². The smallest absolute Gasteiger partial charge is 0.346 e. The van der Waals surface area contributed by atoms with Crippen LogP contribution < -0.4 is 0 Å². The van der Waals surface area contributed by atoms with Crippen LogP contribution in [-0.4, -0.2) is 31.8 Å². The van der Waals surface area contributed by atoms with Crippen LogP contribution in [-0.2, 0) is 9.53 Å². The SMILES string of the molecule is O=C(OCCF)C(F)C(F)F. The predicted octanol–water partition coefficient (Wildman–Crippen LogP) is 1.10. The van der Waals surface area contributed by atoms with E-state index in [0.29, 0.717) is 0 Å². The Bertz CT molecular complexity index is 128. The average Bonchev–Trinajstić information content (AvgIpc) is 1.98. The van der Waals surface area contributed by atoms with Gasteiger partial charge in [0, 0.05) is 0 Å². The van der Waals surface area contributed by atoms with Gasteiger partial charge < -0.3 is 4.74 Å². The van der Waals surface area contributed by atoms with Crippen LogP contribution in [0.1, 0.15) is 0 Å². The molecule has 0 saturated carbocycles. The summed E-state index contributed by atoms with van der Waals surface area (Å²) in [7, 11) is 0. The Morgan fingerprint density at radius 3 is 2.27 bits per heavy atom. The molecule has 0 fully saturated rings. The molecule has 0 heterocycles. The Labute approximate surface area is 60.1 Å². The molecule has 0 amide bonds. The van der Waals surface area contributed by atoms with Crippen molar-refractivity contribution in [1.29, 1.82) is 0 Å².